The van der Waals surface area contributed by atoms with E-state index in [9.17, 15) is 14.5 Å². The number of H-pyrrole nitrogens is 1. The Kier molecular flexibility index (Phi) is 4.21. The molecule has 2 N–H and O–H groups in total. The summed E-state index contributed by atoms with van der Waals surface area (Å²) in [7, 11) is 0. The molecule has 134 valence electrons. The summed E-state index contributed by atoms with van der Waals surface area (Å²) in [5.74, 6) is -0.258. The van der Waals surface area contributed by atoms with Crippen LogP contribution >= 0.6 is 11.6 Å². The van der Waals surface area contributed by atoms with Crippen LogP contribution in [0.1, 0.15) is 0 Å². The van der Waals surface area contributed by atoms with Gasteiger partial charge in [0.1, 0.15) is 5.52 Å². The molecule has 0 spiro atoms. The van der Waals surface area contributed by atoms with Gasteiger partial charge in [0.05, 0.1) is 9.95 Å². The van der Waals surface area contributed by atoms with Crippen molar-refractivity contribution in [2.24, 2.45) is 0 Å². The summed E-state index contributed by atoms with van der Waals surface area (Å²) in [6, 6.07) is 16.9. The molecule has 0 atom stereocenters. The Bertz CT molecular complexity index is 1160. The lowest BCUT2D eigenvalue weighted by Crippen LogP contribution is -1.94. The van der Waals surface area contributed by atoms with Crippen molar-refractivity contribution in [3.8, 4) is 11.1 Å². The quantitative estimate of drug-likeness (QED) is 0.351. The summed E-state index contributed by atoms with van der Waals surface area (Å²) in [5.41, 5.74) is 1.87. The molecule has 0 aliphatic rings. The maximum absolute atomic E-state index is 14.7. The molecule has 0 radical (unpaired) electrons. The number of nitrogens with one attached hydrogen (secondary N) is 2. The largest absolute Gasteiger partial charge is 0.338 e. The molecule has 0 saturated heterocycles. The highest BCUT2D eigenvalue weighted by atomic mass is 35.5. The van der Waals surface area contributed by atoms with Gasteiger partial charge in [-0.15, -0.1) is 0 Å². The fourth-order valence-corrected chi connectivity index (χ4v) is 3.11. The van der Waals surface area contributed by atoms with Crippen molar-refractivity contribution in [1.29, 1.82) is 0 Å². The summed E-state index contributed by atoms with van der Waals surface area (Å²) in [6.07, 6.45) is 0. The van der Waals surface area contributed by atoms with Crippen molar-refractivity contribution in [3.05, 3.63) is 81.6 Å². The van der Waals surface area contributed by atoms with Gasteiger partial charge < -0.3 is 5.32 Å². The van der Waals surface area contributed by atoms with Crippen molar-refractivity contribution in [2.45, 2.75) is 0 Å². The number of fused-ring (bicyclic) bond motifs is 1. The minimum atomic E-state index is -0.604. The van der Waals surface area contributed by atoms with Crippen LogP contribution in [0.5, 0.6) is 0 Å². The molecule has 3 aromatic carbocycles. The minimum absolute atomic E-state index is 0.000695. The van der Waals surface area contributed by atoms with Crippen molar-refractivity contribution >= 4 is 39.7 Å². The number of rotatable bonds is 4. The standard InChI is InChI=1S/C19H12ClFN4O2/c20-16-14(11-5-2-1-3-6-11)10-15-18(17(16)21)23-24-19(15)22-12-7-4-8-13(9-12)25(26)27/h1-10H,(H2,22,23,24). The van der Waals surface area contributed by atoms with Crippen molar-refractivity contribution in [3.63, 3.8) is 0 Å². The molecule has 4 rings (SSSR count). The van der Waals surface area contributed by atoms with E-state index in [-0.39, 0.29) is 16.2 Å². The normalized spacial score (nSPS) is 10.9. The molecule has 0 aliphatic heterocycles. The molecular formula is C19H12ClFN4O2. The number of anilines is 2. The van der Waals surface area contributed by atoms with E-state index in [2.05, 4.69) is 15.5 Å². The number of non-ortho nitro benzene ring substituents is 1. The smallest absolute Gasteiger partial charge is 0.271 e. The third kappa shape index (κ3) is 3.09. The van der Waals surface area contributed by atoms with E-state index < -0.39 is 10.7 Å². The van der Waals surface area contributed by atoms with Crippen LogP contribution in [0.2, 0.25) is 5.02 Å². The van der Waals surface area contributed by atoms with Gasteiger partial charge in [-0.1, -0.05) is 48.0 Å². The number of nitro benzene ring substituents is 1. The van der Waals surface area contributed by atoms with Gasteiger partial charge in [-0.2, -0.15) is 5.10 Å². The summed E-state index contributed by atoms with van der Waals surface area (Å²) in [4.78, 5) is 10.5. The number of nitrogens with zero attached hydrogens (tertiary/aromatic N) is 2. The lowest BCUT2D eigenvalue weighted by Gasteiger charge is -2.08. The predicted molar refractivity (Wildman–Crippen MR) is 103 cm³/mol. The molecule has 0 fully saturated rings. The second-order valence-electron chi connectivity index (χ2n) is 5.85. The molecule has 1 heterocycles. The summed E-state index contributed by atoms with van der Waals surface area (Å²) in [6.45, 7) is 0. The van der Waals surface area contributed by atoms with Gasteiger partial charge in [-0.3, -0.25) is 15.2 Å². The number of aromatic nitrogens is 2. The first-order valence-electron chi connectivity index (χ1n) is 7.97. The molecule has 0 amide bonds. The van der Waals surface area contributed by atoms with Crippen LogP contribution in [-0.2, 0) is 0 Å². The molecule has 1 aromatic heterocycles. The fraction of sp³-hybridized carbons (Fsp3) is 0. The molecule has 0 aliphatic carbocycles. The van der Waals surface area contributed by atoms with Gasteiger partial charge in [-0.25, -0.2) is 4.39 Å². The summed E-state index contributed by atoms with van der Waals surface area (Å²) < 4.78 is 14.7. The molecular weight excluding hydrogens is 371 g/mol. The van der Waals surface area contributed by atoms with Crippen LogP contribution < -0.4 is 5.32 Å². The zero-order chi connectivity index (χ0) is 19.0. The highest BCUT2D eigenvalue weighted by Crippen LogP contribution is 2.37. The predicted octanol–water partition coefficient (Wildman–Crippen LogP) is 5.67. The minimum Gasteiger partial charge on any atom is -0.338 e. The third-order valence-electron chi connectivity index (χ3n) is 4.15. The number of nitro groups is 1. The van der Waals surface area contributed by atoms with E-state index in [1.165, 1.54) is 12.1 Å². The monoisotopic (exact) mass is 382 g/mol. The van der Waals surface area contributed by atoms with E-state index in [1.807, 2.05) is 30.3 Å². The number of aromatic amines is 1. The summed E-state index contributed by atoms with van der Waals surface area (Å²) >= 11 is 6.21. The van der Waals surface area contributed by atoms with E-state index in [0.29, 0.717) is 22.5 Å². The highest BCUT2D eigenvalue weighted by molar-refractivity contribution is 6.34. The van der Waals surface area contributed by atoms with Gasteiger partial charge in [0.15, 0.2) is 11.6 Å². The number of halogens is 2. The first kappa shape index (κ1) is 17.0. The van der Waals surface area contributed by atoms with E-state index in [1.54, 1.807) is 18.2 Å². The Morgan fingerprint density at radius 1 is 1.11 bits per heavy atom. The number of hydrogen-bond acceptors (Lipinski definition) is 4. The molecule has 0 bridgehead atoms. The highest BCUT2D eigenvalue weighted by Gasteiger charge is 2.18. The Hall–Kier alpha value is -3.45. The average molecular weight is 383 g/mol. The van der Waals surface area contributed by atoms with Gasteiger partial charge in [-0.05, 0) is 17.7 Å². The molecule has 0 saturated carbocycles. The van der Waals surface area contributed by atoms with Crippen LogP contribution in [0, 0.1) is 15.9 Å². The van der Waals surface area contributed by atoms with Crippen LogP contribution in [0.3, 0.4) is 0 Å². The second kappa shape index (κ2) is 6.69. The SMILES string of the molecule is O=[N+]([O-])c1cccc(Nc2n[nH]c3c(F)c(Cl)c(-c4ccccc4)cc23)c1. The maximum atomic E-state index is 14.7. The van der Waals surface area contributed by atoms with E-state index in [4.69, 9.17) is 11.6 Å². The molecule has 27 heavy (non-hydrogen) atoms. The first-order chi connectivity index (χ1) is 13.0. The van der Waals surface area contributed by atoms with E-state index in [0.717, 1.165) is 5.56 Å². The van der Waals surface area contributed by atoms with Crippen molar-refractivity contribution in [1.82, 2.24) is 10.2 Å². The first-order valence-corrected chi connectivity index (χ1v) is 8.35. The third-order valence-corrected chi connectivity index (χ3v) is 4.52. The fourth-order valence-electron chi connectivity index (χ4n) is 2.85. The number of benzene rings is 3. The molecule has 8 heteroatoms. The van der Waals surface area contributed by atoms with Crippen LogP contribution in [0.15, 0.2) is 60.7 Å². The zero-order valence-corrected chi connectivity index (χ0v) is 14.5. The maximum Gasteiger partial charge on any atom is 0.271 e. The summed E-state index contributed by atoms with van der Waals surface area (Å²) in [5, 5.41) is 21.1. The van der Waals surface area contributed by atoms with E-state index >= 15 is 0 Å². The van der Waals surface area contributed by atoms with Crippen molar-refractivity contribution < 1.29 is 9.31 Å². The van der Waals surface area contributed by atoms with Gasteiger partial charge in [0.25, 0.3) is 5.69 Å². The topological polar surface area (TPSA) is 83.8 Å². The van der Waals surface area contributed by atoms with Gasteiger partial charge in [0.2, 0.25) is 0 Å². The number of hydrogen-bond donors (Lipinski definition) is 2. The molecule has 4 aromatic rings. The van der Waals surface area contributed by atoms with Gasteiger partial charge in [0, 0.05) is 28.8 Å². The Morgan fingerprint density at radius 2 is 1.89 bits per heavy atom. The Labute approximate surface area is 157 Å². The van der Waals surface area contributed by atoms with Crippen LogP contribution in [-0.4, -0.2) is 15.1 Å². The average Bonchev–Trinajstić information content (AvgIpc) is 3.08. The zero-order valence-electron chi connectivity index (χ0n) is 13.7. The second-order valence-corrected chi connectivity index (χ2v) is 6.22. The lowest BCUT2D eigenvalue weighted by molar-refractivity contribution is -0.384. The van der Waals surface area contributed by atoms with Crippen molar-refractivity contribution in [2.75, 3.05) is 5.32 Å². The van der Waals surface area contributed by atoms with Gasteiger partial charge >= 0.3 is 0 Å². The molecule has 6 nitrogen and oxygen atoms in total. The van der Waals surface area contributed by atoms with Crippen LogP contribution in [0.25, 0.3) is 22.0 Å². The lowest BCUT2D eigenvalue weighted by atomic mass is 10.0. The Morgan fingerprint density at radius 3 is 2.63 bits per heavy atom. The molecule has 0 unspecified atom stereocenters. The Balaban J connectivity index is 1.82. The van der Waals surface area contributed by atoms with Crippen LogP contribution in [0.4, 0.5) is 21.6 Å².